The van der Waals surface area contributed by atoms with E-state index in [1.165, 1.54) is 0 Å². The van der Waals surface area contributed by atoms with Crippen LogP contribution in [0.5, 0.6) is 0 Å². The third-order valence-corrected chi connectivity index (χ3v) is 3.70. The van der Waals surface area contributed by atoms with Crippen molar-refractivity contribution >= 4 is 11.7 Å². The number of ketones is 1. The number of likely N-dealkylation sites (tertiary alicyclic amines) is 1. The fourth-order valence-electron chi connectivity index (χ4n) is 2.51. The molecule has 0 N–H and O–H groups in total. The molecule has 1 unspecified atom stereocenters. The summed E-state index contributed by atoms with van der Waals surface area (Å²) in [5, 5.41) is 9.23. The van der Waals surface area contributed by atoms with E-state index in [-0.39, 0.29) is 18.2 Å². The summed E-state index contributed by atoms with van der Waals surface area (Å²) in [7, 11) is 0. The van der Waals surface area contributed by atoms with E-state index in [0.717, 1.165) is 25.7 Å². The van der Waals surface area contributed by atoms with Crippen molar-refractivity contribution in [1.82, 2.24) is 9.88 Å². The predicted molar refractivity (Wildman–Crippen MR) is 77.3 cm³/mol. The molecule has 1 aliphatic heterocycles. The van der Waals surface area contributed by atoms with Gasteiger partial charge in [0, 0.05) is 19.2 Å². The lowest BCUT2D eigenvalue weighted by Crippen LogP contribution is -2.38. The lowest BCUT2D eigenvalue weighted by Gasteiger charge is -2.24. The van der Waals surface area contributed by atoms with Gasteiger partial charge >= 0.3 is 0 Å². The Morgan fingerprint density at radius 1 is 1.33 bits per heavy atom. The molecule has 0 radical (unpaired) electrons. The molecule has 0 aliphatic carbocycles. The summed E-state index contributed by atoms with van der Waals surface area (Å²) >= 11 is 0. The molecule has 0 spiro atoms. The van der Waals surface area contributed by atoms with Gasteiger partial charge in [0.15, 0.2) is 5.78 Å². The van der Waals surface area contributed by atoms with Gasteiger partial charge < -0.3 is 4.90 Å². The number of hydrogen-bond acceptors (Lipinski definition) is 4. The second-order valence-electron chi connectivity index (χ2n) is 5.26. The lowest BCUT2D eigenvalue weighted by molar-refractivity contribution is -0.136. The monoisotopic (exact) mass is 285 g/mol. The average molecular weight is 285 g/mol. The summed E-state index contributed by atoms with van der Waals surface area (Å²) in [4.78, 5) is 30.0. The number of rotatable bonds is 4. The maximum atomic E-state index is 12.3. The van der Waals surface area contributed by atoms with Crippen molar-refractivity contribution in [3.05, 3.63) is 30.1 Å². The Bertz CT molecular complexity index is 536. The maximum Gasteiger partial charge on any atom is 0.222 e. The fourth-order valence-corrected chi connectivity index (χ4v) is 2.51. The van der Waals surface area contributed by atoms with Crippen LogP contribution < -0.4 is 0 Å². The molecule has 1 atom stereocenters. The summed E-state index contributed by atoms with van der Waals surface area (Å²) < 4.78 is 0. The Morgan fingerprint density at radius 3 is 2.86 bits per heavy atom. The summed E-state index contributed by atoms with van der Waals surface area (Å²) in [5.41, 5.74) is 0.449. The highest BCUT2D eigenvalue weighted by atomic mass is 16.2. The van der Waals surface area contributed by atoms with Crippen LogP contribution in [0.2, 0.25) is 0 Å². The molecule has 1 fully saturated rings. The van der Waals surface area contributed by atoms with Gasteiger partial charge in [0.1, 0.15) is 5.92 Å². The smallest absolute Gasteiger partial charge is 0.222 e. The zero-order chi connectivity index (χ0) is 15.1. The van der Waals surface area contributed by atoms with Crippen LogP contribution in [0.3, 0.4) is 0 Å². The number of carbonyl (C=O) groups is 2. The molecule has 2 rings (SSSR count). The quantitative estimate of drug-likeness (QED) is 0.848. The number of amides is 1. The van der Waals surface area contributed by atoms with Crippen molar-refractivity contribution in [1.29, 1.82) is 5.26 Å². The second-order valence-corrected chi connectivity index (χ2v) is 5.26. The Kier molecular flexibility index (Phi) is 5.44. The third-order valence-electron chi connectivity index (χ3n) is 3.70. The summed E-state index contributed by atoms with van der Waals surface area (Å²) in [5.74, 6) is -1.14. The van der Waals surface area contributed by atoms with Gasteiger partial charge in [-0.3, -0.25) is 14.6 Å². The van der Waals surface area contributed by atoms with Crippen LogP contribution in [0.1, 0.15) is 43.7 Å². The van der Waals surface area contributed by atoms with Crippen molar-refractivity contribution in [2.75, 3.05) is 13.1 Å². The average Bonchev–Trinajstić information content (AvgIpc) is 2.49. The van der Waals surface area contributed by atoms with Crippen molar-refractivity contribution in [2.45, 2.75) is 38.0 Å². The van der Waals surface area contributed by atoms with E-state index in [9.17, 15) is 14.9 Å². The summed E-state index contributed by atoms with van der Waals surface area (Å²) in [6.45, 7) is 0.610. The molecule has 2 heterocycles. The molecule has 110 valence electrons. The number of aromatic nitrogens is 1. The molecule has 0 aromatic carbocycles. The van der Waals surface area contributed by atoms with Crippen LogP contribution in [0, 0.1) is 11.3 Å². The third kappa shape index (κ3) is 4.12. The van der Waals surface area contributed by atoms with Gasteiger partial charge in [-0.25, -0.2) is 0 Å². The first-order chi connectivity index (χ1) is 10.2. The van der Waals surface area contributed by atoms with Crippen LogP contribution in [0.15, 0.2) is 24.4 Å². The zero-order valence-corrected chi connectivity index (χ0v) is 12.0. The number of Topliss-reactive ketones (excluding diaryl/α,β-unsaturated/α-hetero) is 1. The van der Waals surface area contributed by atoms with E-state index in [1.807, 2.05) is 6.07 Å². The SMILES string of the molecule is N#CC(C(=O)CN1CCCCCCC1=O)c1ccccn1. The molecule has 0 bridgehead atoms. The molecule has 5 nitrogen and oxygen atoms in total. The van der Waals surface area contributed by atoms with Crippen LogP contribution in [0.25, 0.3) is 0 Å². The molecule has 5 heteroatoms. The van der Waals surface area contributed by atoms with Crippen molar-refractivity contribution in [3.63, 3.8) is 0 Å². The minimum Gasteiger partial charge on any atom is -0.335 e. The summed E-state index contributed by atoms with van der Waals surface area (Å²) in [6, 6.07) is 7.16. The topological polar surface area (TPSA) is 74.1 Å². The normalized spacial score (nSPS) is 17.5. The van der Waals surface area contributed by atoms with E-state index in [4.69, 9.17) is 0 Å². The van der Waals surface area contributed by atoms with Crippen molar-refractivity contribution in [3.8, 4) is 6.07 Å². The fraction of sp³-hybridized carbons (Fsp3) is 0.500. The number of hydrogen-bond donors (Lipinski definition) is 0. The molecule has 1 aromatic heterocycles. The molecule has 1 amide bonds. The maximum absolute atomic E-state index is 12.3. The minimum atomic E-state index is -0.899. The number of nitrogens with zero attached hydrogens (tertiary/aromatic N) is 3. The van der Waals surface area contributed by atoms with Gasteiger partial charge in [0.05, 0.1) is 18.3 Å². The van der Waals surface area contributed by atoms with Crippen LogP contribution >= 0.6 is 0 Å². The number of nitriles is 1. The van der Waals surface area contributed by atoms with Gasteiger partial charge in [-0.15, -0.1) is 0 Å². The van der Waals surface area contributed by atoms with Gasteiger partial charge in [-0.2, -0.15) is 5.26 Å². The van der Waals surface area contributed by atoms with E-state index in [2.05, 4.69) is 4.98 Å². The van der Waals surface area contributed by atoms with E-state index < -0.39 is 5.92 Å². The molecule has 0 saturated carbocycles. The zero-order valence-electron chi connectivity index (χ0n) is 12.0. The van der Waals surface area contributed by atoms with Crippen LogP contribution in [-0.4, -0.2) is 34.7 Å². The van der Waals surface area contributed by atoms with Crippen molar-refractivity contribution < 1.29 is 9.59 Å². The lowest BCUT2D eigenvalue weighted by atomic mass is 10.00. The standard InChI is InChI=1S/C16H19N3O2/c17-11-13(14-7-4-5-9-18-14)15(20)12-19-10-6-2-1-3-8-16(19)21/h4-5,7,9,13H,1-3,6,8,10,12H2. The molecular formula is C16H19N3O2. The predicted octanol–water partition coefficient (Wildman–Crippen LogP) is 2.05. The van der Waals surface area contributed by atoms with E-state index in [0.29, 0.717) is 18.7 Å². The Hall–Kier alpha value is -2.22. The van der Waals surface area contributed by atoms with Gasteiger partial charge in [-0.05, 0) is 25.0 Å². The van der Waals surface area contributed by atoms with Gasteiger partial charge in [-0.1, -0.05) is 18.9 Å². The minimum absolute atomic E-state index is 0.00757. The first-order valence-corrected chi connectivity index (χ1v) is 7.33. The molecule has 1 aromatic rings. The Labute approximate surface area is 124 Å². The largest absolute Gasteiger partial charge is 0.335 e. The van der Waals surface area contributed by atoms with E-state index >= 15 is 0 Å². The van der Waals surface area contributed by atoms with Crippen LogP contribution in [-0.2, 0) is 9.59 Å². The first kappa shape index (κ1) is 15.2. The molecule has 1 aliphatic rings. The number of pyridine rings is 1. The highest BCUT2D eigenvalue weighted by Gasteiger charge is 2.25. The Balaban J connectivity index is 2.04. The van der Waals surface area contributed by atoms with Crippen LogP contribution in [0.4, 0.5) is 0 Å². The van der Waals surface area contributed by atoms with Gasteiger partial charge in [0.2, 0.25) is 5.91 Å². The molecular weight excluding hydrogens is 266 g/mol. The first-order valence-electron chi connectivity index (χ1n) is 7.33. The van der Waals surface area contributed by atoms with Crippen molar-refractivity contribution in [2.24, 2.45) is 0 Å². The molecule has 1 saturated heterocycles. The molecule has 21 heavy (non-hydrogen) atoms. The summed E-state index contributed by atoms with van der Waals surface area (Å²) in [6.07, 6.45) is 6.01. The van der Waals surface area contributed by atoms with E-state index in [1.54, 1.807) is 29.3 Å². The number of carbonyl (C=O) groups excluding carboxylic acids is 2. The highest BCUT2D eigenvalue weighted by Crippen LogP contribution is 2.16. The highest BCUT2D eigenvalue weighted by molar-refractivity contribution is 5.92. The second kappa shape index (κ2) is 7.53. The Morgan fingerprint density at radius 2 is 2.14 bits per heavy atom. The van der Waals surface area contributed by atoms with Gasteiger partial charge in [0.25, 0.3) is 0 Å².